The molecule has 0 saturated heterocycles. The predicted molar refractivity (Wildman–Crippen MR) is 21.9 cm³/mol. The second-order valence-corrected chi connectivity index (χ2v) is 2.44. The molecule has 0 heterocycles. The first-order valence-electron chi connectivity index (χ1n) is 0.914. The molecular formula is CH3ClFNS. The summed E-state index contributed by atoms with van der Waals surface area (Å²) in [7, 11) is 3.51. The lowest BCUT2D eigenvalue weighted by molar-refractivity contribution is 0.604. The summed E-state index contributed by atoms with van der Waals surface area (Å²) in [6.07, 6.45) is 0. The quantitative estimate of drug-likeness (QED) is 0.535. The summed E-state index contributed by atoms with van der Waals surface area (Å²) in [6.45, 7) is 0. The fraction of sp³-hybridized carbons (Fsp3) is 1.00. The van der Waals surface area contributed by atoms with Gasteiger partial charge in [0.15, 0.2) is 6.01 Å². The van der Waals surface area contributed by atoms with Crippen LogP contribution in [0.1, 0.15) is 0 Å². The number of alkyl halides is 1. The zero-order valence-corrected chi connectivity index (χ0v) is 3.94. The molecule has 0 aromatic heterocycles. The molecule has 0 fully saturated rings. The predicted octanol–water partition coefficient (Wildman–Crippen LogP) is 1.45. The second kappa shape index (κ2) is 2.60. The first kappa shape index (κ1) is 5.37. The topological polar surface area (TPSA) is 23.9 Å². The lowest BCUT2D eigenvalue weighted by Crippen LogP contribution is -1.69. The molecule has 0 aliphatic heterocycles. The Morgan fingerprint density at radius 3 is 2.20 bits per heavy atom. The summed E-state index contributed by atoms with van der Waals surface area (Å²) in [5.74, 6) is 0. The highest BCUT2D eigenvalue weighted by molar-refractivity contribution is 8.09. The molecule has 4 heteroatoms. The molecule has 0 aliphatic rings. The summed E-state index contributed by atoms with van der Waals surface area (Å²) in [5.41, 5.74) is 0. The average Bonchev–Trinajstić information content (AvgIpc) is 1.38. The molecule has 1 unspecified atom stereocenters. The van der Waals surface area contributed by atoms with Crippen molar-refractivity contribution < 1.29 is 4.39 Å². The highest BCUT2D eigenvalue weighted by Crippen LogP contribution is 1.86. The van der Waals surface area contributed by atoms with Gasteiger partial charge in [-0.05, 0) is 10.7 Å². The molecule has 1 N–H and O–H groups in total. The average molecular weight is 116 g/mol. The SMILES string of the molecule is N=S(Cl)CF. The van der Waals surface area contributed by atoms with Crippen LogP contribution >= 0.6 is 10.7 Å². The van der Waals surface area contributed by atoms with E-state index in [1.807, 2.05) is 0 Å². The van der Waals surface area contributed by atoms with Crippen molar-refractivity contribution in [1.82, 2.24) is 0 Å². The maximum Gasteiger partial charge on any atom is 0.159 e. The van der Waals surface area contributed by atoms with Crippen LogP contribution in [-0.4, -0.2) is 6.01 Å². The van der Waals surface area contributed by atoms with Crippen LogP contribution in [0.2, 0.25) is 0 Å². The van der Waals surface area contributed by atoms with E-state index < -0.39 is 15.9 Å². The Kier molecular flexibility index (Phi) is 2.79. The van der Waals surface area contributed by atoms with Crippen molar-refractivity contribution in [2.45, 2.75) is 0 Å². The molecule has 32 valence electrons. The lowest BCUT2D eigenvalue weighted by Gasteiger charge is -1.73. The van der Waals surface area contributed by atoms with E-state index in [0.717, 1.165) is 0 Å². The Morgan fingerprint density at radius 2 is 2.20 bits per heavy atom. The fourth-order valence-electron chi connectivity index (χ4n) is 0. The molecule has 1 nitrogen and oxygen atoms in total. The van der Waals surface area contributed by atoms with Gasteiger partial charge in [0.1, 0.15) is 0 Å². The summed E-state index contributed by atoms with van der Waals surface area (Å²) < 4.78 is 17.1. The third kappa shape index (κ3) is 4.37. The van der Waals surface area contributed by atoms with Crippen molar-refractivity contribution in [1.29, 1.82) is 4.78 Å². The van der Waals surface area contributed by atoms with Crippen LogP contribution < -0.4 is 0 Å². The Balaban J connectivity index is 2.85. The Bertz CT molecular complexity index is 46.9. The van der Waals surface area contributed by atoms with E-state index in [1.54, 1.807) is 0 Å². The third-order valence-corrected chi connectivity index (χ3v) is 0.535. The smallest absolute Gasteiger partial charge is 0.159 e. The summed E-state index contributed by atoms with van der Waals surface area (Å²) in [5, 5.41) is 0. The van der Waals surface area contributed by atoms with Crippen molar-refractivity contribution in [3.63, 3.8) is 0 Å². The van der Waals surface area contributed by atoms with Gasteiger partial charge in [-0.1, -0.05) is 0 Å². The Hall–Kier alpha value is 0.370. The molecule has 0 spiro atoms. The van der Waals surface area contributed by atoms with E-state index in [4.69, 9.17) is 15.5 Å². The fourth-order valence-corrected chi connectivity index (χ4v) is 0. The molecule has 0 bridgehead atoms. The van der Waals surface area contributed by atoms with Crippen LogP contribution in [0, 0.1) is 4.78 Å². The molecule has 0 aromatic rings. The first-order valence-corrected chi connectivity index (χ1v) is 3.13. The van der Waals surface area contributed by atoms with Gasteiger partial charge < -0.3 is 0 Å². The molecule has 0 aromatic carbocycles. The van der Waals surface area contributed by atoms with Gasteiger partial charge >= 0.3 is 0 Å². The number of hydrogen-bond donors (Lipinski definition) is 1. The molecular weight excluding hydrogens is 113 g/mol. The molecule has 0 saturated carbocycles. The minimum absolute atomic E-state index is 0.735. The van der Waals surface area contributed by atoms with Gasteiger partial charge in [-0.3, -0.25) is 4.78 Å². The van der Waals surface area contributed by atoms with Gasteiger partial charge in [-0.2, -0.15) is 0 Å². The molecule has 5 heavy (non-hydrogen) atoms. The summed E-state index contributed by atoms with van der Waals surface area (Å²) >= 11 is 0. The van der Waals surface area contributed by atoms with Crippen LogP contribution in [0.4, 0.5) is 4.39 Å². The molecule has 0 amide bonds. The highest BCUT2D eigenvalue weighted by atomic mass is 35.7. The minimum Gasteiger partial charge on any atom is -0.263 e. The van der Waals surface area contributed by atoms with Gasteiger partial charge in [0.05, 0.1) is 0 Å². The molecule has 1 atom stereocenters. The number of halogens is 2. The normalized spacial score (nSPS) is 14.8. The van der Waals surface area contributed by atoms with Crippen LogP contribution in [0.3, 0.4) is 0 Å². The van der Waals surface area contributed by atoms with E-state index in [2.05, 4.69) is 0 Å². The molecule has 0 aliphatic carbocycles. The second-order valence-electron chi connectivity index (χ2n) is 0.440. The van der Waals surface area contributed by atoms with Crippen molar-refractivity contribution in [2.24, 2.45) is 0 Å². The van der Waals surface area contributed by atoms with Gasteiger partial charge in [0.2, 0.25) is 0 Å². The zero-order valence-electron chi connectivity index (χ0n) is 2.37. The third-order valence-electron chi connectivity index (χ3n) is 0.0958. The van der Waals surface area contributed by atoms with E-state index in [0.29, 0.717) is 0 Å². The number of hydrogen-bond acceptors (Lipinski definition) is 1. The van der Waals surface area contributed by atoms with Crippen molar-refractivity contribution in [2.75, 3.05) is 6.01 Å². The largest absolute Gasteiger partial charge is 0.263 e. The highest BCUT2D eigenvalue weighted by Gasteiger charge is 1.75. The van der Waals surface area contributed by atoms with E-state index in [9.17, 15) is 4.39 Å². The lowest BCUT2D eigenvalue weighted by atomic mass is 11.8. The summed E-state index contributed by atoms with van der Waals surface area (Å²) in [4.78, 5) is 0. The van der Waals surface area contributed by atoms with Gasteiger partial charge in [-0.15, -0.1) is 0 Å². The maximum absolute atomic E-state index is 10.8. The van der Waals surface area contributed by atoms with Crippen LogP contribution in [-0.2, 0) is 9.90 Å². The molecule has 0 radical (unpaired) electrons. The van der Waals surface area contributed by atoms with Gasteiger partial charge in [0.25, 0.3) is 0 Å². The van der Waals surface area contributed by atoms with Gasteiger partial charge in [-0.25, -0.2) is 4.39 Å². The van der Waals surface area contributed by atoms with E-state index >= 15 is 0 Å². The minimum atomic E-state index is -1.27. The Morgan fingerprint density at radius 1 is 2.00 bits per heavy atom. The summed E-state index contributed by atoms with van der Waals surface area (Å²) in [6, 6.07) is -0.735. The van der Waals surface area contributed by atoms with Crippen molar-refractivity contribution >= 4 is 20.6 Å². The van der Waals surface area contributed by atoms with Crippen LogP contribution in [0.5, 0.6) is 0 Å². The van der Waals surface area contributed by atoms with Crippen LogP contribution in [0.15, 0.2) is 0 Å². The van der Waals surface area contributed by atoms with E-state index in [1.165, 1.54) is 0 Å². The van der Waals surface area contributed by atoms with E-state index in [-0.39, 0.29) is 0 Å². The zero-order chi connectivity index (χ0) is 4.28. The first-order chi connectivity index (χ1) is 2.27. The maximum atomic E-state index is 10.8. The molecule has 0 rings (SSSR count). The van der Waals surface area contributed by atoms with Crippen molar-refractivity contribution in [3.8, 4) is 0 Å². The number of rotatable bonds is 1. The van der Waals surface area contributed by atoms with Gasteiger partial charge in [0, 0.05) is 9.90 Å². The van der Waals surface area contributed by atoms with Crippen molar-refractivity contribution in [3.05, 3.63) is 0 Å². The Labute approximate surface area is 36.5 Å². The number of nitrogens with one attached hydrogen (secondary N) is 1. The standard InChI is InChI=1S/CH3ClFNS/c2-5(4)1-3/h4H,1H2. The van der Waals surface area contributed by atoms with Crippen LogP contribution in [0.25, 0.3) is 0 Å². The monoisotopic (exact) mass is 115 g/mol.